The van der Waals surface area contributed by atoms with Gasteiger partial charge in [0.25, 0.3) is 11.5 Å². The van der Waals surface area contributed by atoms with E-state index in [9.17, 15) is 22.8 Å². The van der Waals surface area contributed by atoms with Crippen LogP contribution in [0.1, 0.15) is 27.0 Å². The maximum atomic E-state index is 13.1. The minimum absolute atomic E-state index is 0.00269. The Morgan fingerprint density at radius 3 is 2.54 bits per heavy atom. The van der Waals surface area contributed by atoms with Crippen LogP contribution in [0.15, 0.2) is 75.9 Å². The lowest BCUT2D eigenvalue weighted by Crippen LogP contribution is -2.13. The highest BCUT2D eigenvalue weighted by Crippen LogP contribution is 2.39. The Morgan fingerprint density at radius 2 is 1.80 bits per heavy atom. The summed E-state index contributed by atoms with van der Waals surface area (Å²) in [6, 6.07) is 16.6. The molecule has 0 saturated carbocycles. The Hall–Kier alpha value is -5.39. The highest BCUT2D eigenvalue weighted by Gasteiger charge is 2.30. The number of aromatic nitrogens is 4. The summed E-state index contributed by atoms with van der Waals surface area (Å²) in [5.41, 5.74) is 8.18. The van der Waals surface area contributed by atoms with Gasteiger partial charge in [-0.05, 0) is 56.3 Å². The van der Waals surface area contributed by atoms with Crippen LogP contribution in [0.5, 0.6) is 0 Å². The van der Waals surface area contributed by atoms with Gasteiger partial charge in [0.2, 0.25) is 0 Å². The van der Waals surface area contributed by atoms with E-state index < -0.39 is 23.2 Å². The van der Waals surface area contributed by atoms with Crippen LogP contribution in [-0.4, -0.2) is 25.9 Å². The van der Waals surface area contributed by atoms with Crippen molar-refractivity contribution >= 4 is 39.3 Å². The predicted molar refractivity (Wildman–Crippen MR) is 148 cm³/mol. The third kappa shape index (κ3) is 4.48. The van der Waals surface area contributed by atoms with Gasteiger partial charge in [0, 0.05) is 22.2 Å². The minimum atomic E-state index is -4.54. The number of nitrogen functional groups attached to an aromatic ring is 1. The van der Waals surface area contributed by atoms with Crippen LogP contribution < -0.4 is 16.6 Å². The molecule has 41 heavy (non-hydrogen) atoms. The third-order valence-electron chi connectivity index (χ3n) is 6.78. The lowest BCUT2D eigenvalue weighted by molar-refractivity contribution is -0.137. The first kappa shape index (κ1) is 25.9. The molecule has 0 aliphatic carbocycles. The lowest BCUT2D eigenvalue weighted by Gasteiger charge is -2.10. The summed E-state index contributed by atoms with van der Waals surface area (Å²) >= 11 is 0. The number of nitrogens with one attached hydrogen (secondary N) is 2. The zero-order chi connectivity index (χ0) is 29.1. The van der Waals surface area contributed by atoms with Crippen LogP contribution in [0.2, 0.25) is 0 Å². The van der Waals surface area contributed by atoms with Gasteiger partial charge in [-0.15, -0.1) is 0 Å². The molecular weight excluding hydrogens is 537 g/mol. The molecule has 0 atom stereocenters. The number of anilines is 2. The second kappa shape index (κ2) is 9.37. The number of alkyl halides is 3. The molecule has 3 aromatic heterocycles. The van der Waals surface area contributed by atoms with Crippen LogP contribution in [0.3, 0.4) is 0 Å². The van der Waals surface area contributed by atoms with Crippen LogP contribution in [0, 0.1) is 13.8 Å². The molecular formula is C29H21F3N6O3. The highest BCUT2D eigenvalue weighted by atomic mass is 19.4. The number of furan rings is 1. The molecule has 0 bridgehead atoms. The molecule has 6 rings (SSSR count). The lowest BCUT2D eigenvalue weighted by atomic mass is 10.1. The van der Waals surface area contributed by atoms with Crippen molar-refractivity contribution in [2.24, 2.45) is 0 Å². The average Bonchev–Trinajstić information content (AvgIpc) is 3.49. The summed E-state index contributed by atoms with van der Waals surface area (Å²) in [7, 11) is 0. The summed E-state index contributed by atoms with van der Waals surface area (Å²) in [6.07, 6.45) is -4.54. The number of aryl methyl sites for hydroxylation is 2. The van der Waals surface area contributed by atoms with Crippen molar-refractivity contribution < 1.29 is 22.4 Å². The average molecular weight is 559 g/mol. The molecule has 6 aromatic rings. The smallest absolute Gasteiger partial charge is 0.416 e. The normalized spacial score (nSPS) is 11.8. The number of nitrogens with two attached hydrogens (primary N) is 1. The monoisotopic (exact) mass is 558 g/mol. The molecule has 0 spiro atoms. The molecule has 0 saturated heterocycles. The van der Waals surface area contributed by atoms with Crippen LogP contribution in [-0.2, 0) is 6.18 Å². The van der Waals surface area contributed by atoms with Crippen molar-refractivity contribution in [2.45, 2.75) is 20.0 Å². The number of carbonyl (C=O) groups excluding carboxylic acids is 1. The molecule has 12 heteroatoms. The molecule has 3 heterocycles. The van der Waals surface area contributed by atoms with Gasteiger partial charge >= 0.3 is 6.18 Å². The first-order valence-electron chi connectivity index (χ1n) is 12.4. The summed E-state index contributed by atoms with van der Waals surface area (Å²) in [6.45, 7) is 3.76. The van der Waals surface area contributed by atoms with E-state index in [-0.39, 0.29) is 22.6 Å². The number of hydrogen-bond donors (Lipinski definition) is 3. The molecule has 1 amide bonds. The fraction of sp³-hybridized carbons (Fsp3) is 0.103. The Morgan fingerprint density at radius 1 is 1.05 bits per heavy atom. The van der Waals surface area contributed by atoms with Gasteiger partial charge in [-0.3, -0.25) is 9.59 Å². The van der Waals surface area contributed by atoms with Gasteiger partial charge in [0.1, 0.15) is 11.3 Å². The van der Waals surface area contributed by atoms with Gasteiger partial charge in [-0.25, -0.2) is 9.78 Å². The number of hydrogen-bond acceptors (Lipinski definition) is 6. The van der Waals surface area contributed by atoms with Crippen molar-refractivity contribution in [3.05, 3.63) is 99.3 Å². The van der Waals surface area contributed by atoms with Gasteiger partial charge < -0.3 is 15.5 Å². The number of amides is 1. The van der Waals surface area contributed by atoms with Crippen LogP contribution in [0.4, 0.5) is 24.7 Å². The van der Waals surface area contributed by atoms with Crippen molar-refractivity contribution in [1.29, 1.82) is 0 Å². The zero-order valence-corrected chi connectivity index (χ0v) is 21.6. The second-order valence-corrected chi connectivity index (χ2v) is 9.56. The summed E-state index contributed by atoms with van der Waals surface area (Å²) in [5.74, 6) is -0.205. The molecule has 3 aromatic carbocycles. The number of benzene rings is 3. The van der Waals surface area contributed by atoms with Crippen molar-refractivity contribution in [3.8, 4) is 17.1 Å². The van der Waals surface area contributed by atoms with E-state index in [1.54, 1.807) is 16.8 Å². The zero-order valence-electron chi connectivity index (χ0n) is 21.6. The summed E-state index contributed by atoms with van der Waals surface area (Å²) in [5, 5.41) is 14.3. The van der Waals surface area contributed by atoms with Crippen LogP contribution in [0.25, 0.3) is 39.0 Å². The fourth-order valence-electron chi connectivity index (χ4n) is 4.69. The van der Waals surface area contributed by atoms with E-state index >= 15 is 0 Å². The largest absolute Gasteiger partial charge is 0.454 e. The standard InChI is InChI=1S/C29H21F3N6O3/c1-14-6-9-19(10-7-14)38-24(22-23(37-38)28(40)36-35-26(22)33)25-15(2)20-11-8-16(12-21(20)41-25)27(39)34-18-5-3-4-17(13-18)29(30,31)32/h3-13H,1-2H3,(H2,33,35)(H,34,39)(H,36,40). The van der Waals surface area contributed by atoms with Gasteiger partial charge in [-0.1, -0.05) is 29.8 Å². The number of aromatic amines is 1. The molecule has 0 aliphatic heterocycles. The maximum absolute atomic E-state index is 13.1. The number of nitrogens with zero attached hydrogens (tertiary/aromatic N) is 3. The van der Waals surface area contributed by atoms with Crippen LogP contribution >= 0.6 is 0 Å². The number of carbonyl (C=O) groups is 1. The summed E-state index contributed by atoms with van der Waals surface area (Å²) in [4.78, 5) is 25.6. The minimum Gasteiger partial charge on any atom is -0.454 e. The number of halogens is 3. The number of H-pyrrole nitrogens is 1. The number of rotatable bonds is 4. The van der Waals surface area contributed by atoms with Gasteiger partial charge in [0.05, 0.1) is 16.6 Å². The van der Waals surface area contributed by atoms with Gasteiger partial charge in [-0.2, -0.15) is 23.4 Å². The fourth-order valence-corrected chi connectivity index (χ4v) is 4.69. The first-order valence-corrected chi connectivity index (χ1v) is 12.4. The second-order valence-electron chi connectivity index (χ2n) is 9.56. The Labute approximate surface area is 229 Å². The summed E-state index contributed by atoms with van der Waals surface area (Å²) < 4.78 is 47.1. The van der Waals surface area contributed by atoms with E-state index in [0.29, 0.717) is 39.1 Å². The first-order chi connectivity index (χ1) is 19.5. The Bertz CT molecular complexity index is 2040. The number of fused-ring (bicyclic) bond motifs is 2. The van der Waals surface area contributed by atoms with Crippen molar-refractivity contribution in [2.75, 3.05) is 11.1 Å². The molecule has 4 N–H and O–H groups in total. The predicted octanol–water partition coefficient (Wildman–Crippen LogP) is 5.99. The maximum Gasteiger partial charge on any atom is 0.416 e. The Kier molecular flexibility index (Phi) is 5.91. The molecule has 0 radical (unpaired) electrons. The third-order valence-corrected chi connectivity index (χ3v) is 6.78. The van der Waals surface area contributed by atoms with E-state index in [0.717, 1.165) is 17.7 Å². The van der Waals surface area contributed by atoms with E-state index in [1.807, 2.05) is 38.1 Å². The molecule has 9 nitrogen and oxygen atoms in total. The molecule has 206 valence electrons. The van der Waals surface area contributed by atoms with Gasteiger partial charge in [0.15, 0.2) is 17.1 Å². The van der Waals surface area contributed by atoms with E-state index in [1.165, 1.54) is 18.2 Å². The topological polar surface area (TPSA) is 132 Å². The molecule has 0 unspecified atom stereocenters. The van der Waals surface area contributed by atoms with E-state index in [4.69, 9.17) is 10.2 Å². The van der Waals surface area contributed by atoms with Crippen molar-refractivity contribution in [3.63, 3.8) is 0 Å². The van der Waals surface area contributed by atoms with Crippen molar-refractivity contribution in [1.82, 2.24) is 20.0 Å². The SMILES string of the molecule is Cc1ccc(-n2nc3c(=O)[nH]nc(N)c3c2-c2oc3cc(C(=O)Nc4cccc(C(F)(F)F)c4)ccc3c2C)cc1. The quantitative estimate of drug-likeness (QED) is 0.244. The molecule has 0 fully saturated rings. The molecule has 0 aliphatic rings. The Balaban J connectivity index is 1.46. The van der Waals surface area contributed by atoms with E-state index in [2.05, 4.69) is 20.6 Å². The highest BCUT2D eigenvalue weighted by molar-refractivity contribution is 6.07.